The minimum atomic E-state index is -4.62. The molecule has 0 saturated heterocycles. The van der Waals surface area contributed by atoms with E-state index < -0.39 is 15.0 Å². The van der Waals surface area contributed by atoms with Crippen LogP contribution in [0.2, 0.25) is 0 Å². The summed E-state index contributed by atoms with van der Waals surface area (Å²) in [7, 11) is -3.09. The summed E-state index contributed by atoms with van der Waals surface area (Å²) in [6.07, 6.45) is 2.18. The zero-order valence-electron chi connectivity index (χ0n) is 22.3. The molecule has 0 amide bonds. The molecule has 0 aliphatic rings. The van der Waals surface area contributed by atoms with Crippen molar-refractivity contribution in [3.63, 3.8) is 0 Å². The van der Waals surface area contributed by atoms with Gasteiger partial charge in [-0.3, -0.25) is 4.55 Å². The fraction of sp³-hybridized carbons (Fsp3) is 0.769. The third-order valence-corrected chi connectivity index (χ3v) is 7.31. The molecule has 0 bridgehead atoms. The van der Waals surface area contributed by atoms with Crippen molar-refractivity contribution in [2.45, 2.75) is 106 Å². The van der Waals surface area contributed by atoms with Crippen LogP contribution in [0.5, 0.6) is 11.5 Å². The molecule has 32 heavy (non-hydrogen) atoms. The predicted molar refractivity (Wildman–Crippen MR) is 132 cm³/mol. The van der Waals surface area contributed by atoms with Gasteiger partial charge in [-0.15, -0.1) is 0 Å². The molecule has 2 N–H and O–H groups in total. The van der Waals surface area contributed by atoms with Crippen LogP contribution in [-0.4, -0.2) is 25.2 Å². The molecule has 6 heteroatoms. The number of phenols is 1. The van der Waals surface area contributed by atoms with Crippen molar-refractivity contribution in [2.75, 3.05) is 7.11 Å². The fourth-order valence-corrected chi connectivity index (χ4v) is 7.48. The van der Waals surface area contributed by atoms with Crippen molar-refractivity contribution < 1.29 is 22.8 Å². The lowest BCUT2D eigenvalue weighted by molar-refractivity contribution is 0.0765. The molecule has 0 radical (unpaired) electrons. The van der Waals surface area contributed by atoms with Crippen LogP contribution in [0.15, 0.2) is 4.90 Å². The van der Waals surface area contributed by atoms with E-state index in [0.717, 1.165) is 18.4 Å². The Balaban J connectivity index is 4.18. The van der Waals surface area contributed by atoms with Gasteiger partial charge >= 0.3 is 0 Å². The third kappa shape index (κ3) is 6.19. The molecule has 186 valence electrons. The summed E-state index contributed by atoms with van der Waals surface area (Å²) in [6, 6.07) is 0. The number of hydrogen-bond acceptors (Lipinski definition) is 4. The molecule has 1 aromatic rings. The van der Waals surface area contributed by atoms with E-state index in [2.05, 4.69) is 62.3 Å². The average molecular weight is 471 g/mol. The summed E-state index contributed by atoms with van der Waals surface area (Å²) >= 11 is 0. The molecule has 0 heterocycles. The van der Waals surface area contributed by atoms with E-state index in [0.29, 0.717) is 29.2 Å². The molecule has 1 atom stereocenters. The number of ether oxygens (including phenoxy) is 1. The van der Waals surface area contributed by atoms with E-state index in [-0.39, 0.29) is 27.9 Å². The second-order valence-corrected chi connectivity index (χ2v) is 13.7. The van der Waals surface area contributed by atoms with Gasteiger partial charge in [0, 0.05) is 11.1 Å². The lowest BCUT2D eigenvalue weighted by atomic mass is 9.55. The monoisotopic (exact) mass is 470 g/mol. The van der Waals surface area contributed by atoms with Gasteiger partial charge in [0.1, 0.15) is 16.4 Å². The van der Waals surface area contributed by atoms with Crippen molar-refractivity contribution in [3.05, 3.63) is 16.7 Å². The smallest absolute Gasteiger partial charge is 0.298 e. The second-order valence-electron chi connectivity index (χ2n) is 12.3. The highest BCUT2D eigenvalue weighted by atomic mass is 32.2. The van der Waals surface area contributed by atoms with Crippen molar-refractivity contribution in [1.82, 2.24) is 0 Å². The van der Waals surface area contributed by atoms with Crippen molar-refractivity contribution >= 4 is 10.1 Å². The van der Waals surface area contributed by atoms with Gasteiger partial charge in [0.25, 0.3) is 10.1 Å². The molecule has 1 unspecified atom stereocenters. The minimum Gasteiger partial charge on any atom is -0.506 e. The van der Waals surface area contributed by atoms with E-state index in [1.54, 1.807) is 13.8 Å². The molecule has 5 nitrogen and oxygen atoms in total. The van der Waals surface area contributed by atoms with Crippen molar-refractivity contribution in [1.29, 1.82) is 0 Å². The van der Waals surface area contributed by atoms with Gasteiger partial charge in [0.05, 0.1) is 7.11 Å². The summed E-state index contributed by atoms with van der Waals surface area (Å²) in [5, 5.41) is 11.0. The van der Waals surface area contributed by atoms with Gasteiger partial charge in [-0.05, 0) is 59.8 Å². The lowest BCUT2D eigenvalue weighted by Gasteiger charge is -2.49. The number of phenolic OH excluding ortho intramolecular Hbond substituents is 1. The third-order valence-electron chi connectivity index (χ3n) is 6.35. The van der Waals surface area contributed by atoms with Crippen LogP contribution in [0.4, 0.5) is 0 Å². The normalized spacial score (nSPS) is 14.7. The quantitative estimate of drug-likeness (QED) is 0.375. The lowest BCUT2D eigenvalue weighted by Crippen LogP contribution is -2.38. The van der Waals surface area contributed by atoms with E-state index >= 15 is 0 Å². The Hall–Kier alpha value is -1.27. The first-order valence-electron chi connectivity index (χ1n) is 11.6. The van der Waals surface area contributed by atoms with Crippen LogP contribution >= 0.6 is 0 Å². The molecular formula is C26H46O5S. The van der Waals surface area contributed by atoms with Crippen molar-refractivity contribution in [2.24, 2.45) is 22.2 Å². The molecule has 0 fully saturated rings. The topological polar surface area (TPSA) is 83.8 Å². The van der Waals surface area contributed by atoms with Crippen LogP contribution in [0.3, 0.4) is 0 Å². The fourth-order valence-electron chi connectivity index (χ4n) is 6.53. The summed E-state index contributed by atoms with van der Waals surface area (Å²) < 4.78 is 40.2. The molecule has 0 spiro atoms. The second kappa shape index (κ2) is 9.54. The highest BCUT2D eigenvalue weighted by Gasteiger charge is 2.47. The minimum absolute atomic E-state index is 0.0294. The summed E-state index contributed by atoms with van der Waals surface area (Å²) in [5.41, 5.74) is 1.33. The Morgan fingerprint density at radius 2 is 1.50 bits per heavy atom. The maximum atomic E-state index is 12.2. The molecule has 0 aliphatic heterocycles. The number of methoxy groups -OCH3 is 1. The molecule has 0 saturated carbocycles. The standard InChI is InChI=1S/C26H46O5S/c1-13-18-21(31-12)19(17(4)20(27)22(18)32(28,29)30)23(25(8,9)14-16(2)3)26(10,11)15-24(5,6)7/h16,23,27H,13-15H2,1-12H3,(H,28,29,30). The largest absolute Gasteiger partial charge is 0.506 e. The predicted octanol–water partition coefficient (Wildman–Crippen LogP) is 7.14. The number of rotatable bonds is 9. The zero-order chi connectivity index (χ0) is 25.4. The highest BCUT2D eigenvalue weighted by molar-refractivity contribution is 7.86. The Morgan fingerprint density at radius 3 is 1.84 bits per heavy atom. The molecule has 0 aromatic heterocycles. The first-order chi connectivity index (χ1) is 14.2. The van der Waals surface area contributed by atoms with Gasteiger partial charge in [0.2, 0.25) is 0 Å². The van der Waals surface area contributed by atoms with E-state index in [9.17, 15) is 18.1 Å². The highest BCUT2D eigenvalue weighted by Crippen LogP contribution is 2.59. The van der Waals surface area contributed by atoms with Gasteiger partial charge in [-0.1, -0.05) is 69.2 Å². The Morgan fingerprint density at radius 1 is 1.00 bits per heavy atom. The molecule has 0 aliphatic carbocycles. The summed E-state index contributed by atoms with van der Waals surface area (Å²) in [6.45, 7) is 23.6. The SMILES string of the molecule is CCc1c(OC)c(C(C(C)(C)CC(C)C)C(C)(C)CC(C)(C)C)c(C)c(O)c1S(=O)(=O)O. The summed E-state index contributed by atoms with van der Waals surface area (Å²) in [5.74, 6) is 0.509. The van der Waals surface area contributed by atoms with E-state index in [1.807, 2.05) is 0 Å². The van der Waals surface area contributed by atoms with Crippen LogP contribution in [0.25, 0.3) is 0 Å². The Bertz CT molecular complexity index is 919. The zero-order valence-corrected chi connectivity index (χ0v) is 23.1. The first kappa shape index (κ1) is 28.8. The number of benzene rings is 1. The van der Waals surface area contributed by atoms with Gasteiger partial charge in [0.15, 0.2) is 0 Å². The molecule has 1 aromatic carbocycles. The first-order valence-corrected chi connectivity index (χ1v) is 13.0. The maximum absolute atomic E-state index is 12.2. The number of hydrogen-bond donors (Lipinski definition) is 2. The van der Waals surface area contributed by atoms with Crippen molar-refractivity contribution in [3.8, 4) is 11.5 Å². The summed E-state index contributed by atoms with van der Waals surface area (Å²) in [4.78, 5) is -0.438. The number of aromatic hydroxyl groups is 1. The van der Waals surface area contributed by atoms with E-state index in [4.69, 9.17) is 4.74 Å². The Labute approximate surface area is 196 Å². The molecule has 1 rings (SSSR count). The Kier molecular flexibility index (Phi) is 8.57. The van der Waals surface area contributed by atoms with Crippen LogP contribution < -0.4 is 4.74 Å². The van der Waals surface area contributed by atoms with Crippen LogP contribution in [0, 0.1) is 29.1 Å². The van der Waals surface area contributed by atoms with Gasteiger partial charge < -0.3 is 9.84 Å². The molecular weight excluding hydrogens is 424 g/mol. The van der Waals surface area contributed by atoms with Gasteiger partial charge in [-0.2, -0.15) is 8.42 Å². The van der Waals surface area contributed by atoms with Crippen LogP contribution in [-0.2, 0) is 16.5 Å². The van der Waals surface area contributed by atoms with Gasteiger partial charge in [-0.25, -0.2) is 0 Å². The maximum Gasteiger partial charge on any atom is 0.298 e. The average Bonchev–Trinajstić information content (AvgIpc) is 2.53. The van der Waals surface area contributed by atoms with E-state index in [1.165, 1.54) is 7.11 Å². The van der Waals surface area contributed by atoms with Crippen LogP contribution in [0.1, 0.15) is 105 Å².